The van der Waals surface area contributed by atoms with Gasteiger partial charge in [-0.2, -0.15) is 0 Å². The molecule has 1 aliphatic heterocycles. The summed E-state index contributed by atoms with van der Waals surface area (Å²) < 4.78 is 0. The van der Waals surface area contributed by atoms with Gasteiger partial charge in [-0.1, -0.05) is 12.8 Å². The normalized spacial score (nSPS) is 38.1. The smallest absolute Gasteiger partial charge is 0.0196 e. The summed E-state index contributed by atoms with van der Waals surface area (Å²) in [6, 6.07) is 1.37. The first-order valence-corrected chi connectivity index (χ1v) is 7.34. The number of fused-ring (bicyclic) bond motifs is 1. The lowest BCUT2D eigenvalue weighted by Gasteiger charge is -2.45. The van der Waals surface area contributed by atoms with Gasteiger partial charge in [0.1, 0.15) is 0 Å². The largest absolute Gasteiger partial charge is 0.326 e. The molecule has 1 heterocycles. The van der Waals surface area contributed by atoms with Gasteiger partial charge >= 0.3 is 0 Å². The van der Waals surface area contributed by atoms with Crippen molar-refractivity contribution in [1.29, 1.82) is 0 Å². The maximum absolute atomic E-state index is 6.29. The highest BCUT2D eigenvalue weighted by Crippen LogP contribution is 2.37. The van der Waals surface area contributed by atoms with Crippen molar-refractivity contribution in [1.82, 2.24) is 4.90 Å². The number of likely N-dealkylation sites (tertiary alicyclic amines) is 1. The highest BCUT2D eigenvalue weighted by Gasteiger charge is 2.36. The van der Waals surface area contributed by atoms with Crippen LogP contribution in [0, 0.1) is 11.8 Å². The third-order valence-corrected chi connectivity index (χ3v) is 5.03. The monoisotopic (exact) mass is 222 g/mol. The molecule has 0 spiro atoms. The van der Waals surface area contributed by atoms with Crippen molar-refractivity contribution in [2.24, 2.45) is 17.6 Å². The van der Waals surface area contributed by atoms with Crippen LogP contribution in [0.3, 0.4) is 0 Å². The molecule has 0 aromatic heterocycles. The van der Waals surface area contributed by atoms with E-state index in [-0.39, 0.29) is 0 Å². The molecule has 3 aliphatic rings. The van der Waals surface area contributed by atoms with Crippen molar-refractivity contribution in [3.63, 3.8) is 0 Å². The van der Waals surface area contributed by atoms with E-state index < -0.39 is 0 Å². The zero-order valence-electron chi connectivity index (χ0n) is 10.4. The molecular formula is C14H26N2. The summed E-state index contributed by atoms with van der Waals surface area (Å²) in [5.41, 5.74) is 6.29. The first-order valence-electron chi connectivity index (χ1n) is 7.34. The third kappa shape index (κ3) is 2.28. The van der Waals surface area contributed by atoms with E-state index >= 15 is 0 Å². The van der Waals surface area contributed by atoms with Gasteiger partial charge in [-0.3, -0.25) is 4.90 Å². The molecule has 3 unspecified atom stereocenters. The predicted octanol–water partition coefficient (Wildman–Crippen LogP) is 2.38. The summed E-state index contributed by atoms with van der Waals surface area (Å²) >= 11 is 0. The number of nitrogens with two attached hydrogens (primary N) is 1. The second kappa shape index (κ2) is 4.66. The Bertz CT molecular complexity index is 235. The number of rotatable bonds is 3. The SMILES string of the molecule is NC(CN1CCCC2CCCCC21)C1CC1. The summed E-state index contributed by atoms with van der Waals surface area (Å²) in [5, 5.41) is 0. The summed E-state index contributed by atoms with van der Waals surface area (Å²) in [4.78, 5) is 2.75. The quantitative estimate of drug-likeness (QED) is 0.794. The van der Waals surface area contributed by atoms with Crippen LogP contribution in [-0.2, 0) is 0 Å². The molecule has 0 aromatic rings. The minimum atomic E-state index is 0.473. The Balaban J connectivity index is 1.59. The molecule has 2 nitrogen and oxygen atoms in total. The molecule has 3 rings (SSSR count). The summed E-state index contributed by atoms with van der Waals surface area (Å²) in [7, 11) is 0. The summed E-state index contributed by atoms with van der Waals surface area (Å²) in [6.45, 7) is 2.51. The minimum absolute atomic E-state index is 0.473. The molecule has 92 valence electrons. The van der Waals surface area contributed by atoms with Gasteiger partial charge in [0.05, 0.1) is 0 Å². The lowest BCUT2D eigenvalue weighted by atomic mass is 9.78. The van der Waals surface area contributed by atoms with Crippen LogP contribution in [0.4, 0.5) is 0 Å². The molecule has 16 heavy (non-hydrogen) atoms. The van der Waals surface area contributed by atoms with Gasteiger partial charge in [0.25, 0.3) is 0 Å². The minimum Gasteiger partial charge on any atom is -0.326 e. The maximum atomic E-state index is 6.29. The average molecular weight is 222 g/mol. The van der Waals surface area contributed by atoms with Gasteiger partial charge in [0, 0.05) is 18.6 Å². The fraction of sp³-hybridized carbons (Fsp3) is 1.00. The molecule has 3 fully saturated rings. The number of hydrogen-bond acceptors (Lipinski definition) is 2. The van der Waals surface area contributed by atoms with E-state index in [0.29, 0.717) is 6.04 Å². The van der Waals surface area contributed by atoms with E-state index in [0.717, 1.165) is 17.9 Å². The highest BCUT2D eigenvalue weighted by atomic mass is 15.2. The fourth-order valence-corrected chi connectivity index (χ4v) is 3.90. The van der Waals surface area contributed by atoms with Gasteiger partial charge in [-0.25, -0.2) is 0 Å². The molecule has 2 heteroatoms. The molecule has 1 saturated heterocycles. The van der Waals surface area contributed by atoms with Gasteiger partial charge in [-0.15, -0.1) is 0 Å². The molecule has 3 atom stereocenters. The average Bonchev–Trinajstić information content (AvgIpc) is 3.13. The fourth-order valence-electron chi connectivity index (χ4n) is 3.90. The zero-order chi connectivity index (χ0) is 11.0. The predicted molar refractivity (Wildman–Crippen MR) is 67.3 cm³/mol. The summed E-state index contributed by atoms with van der Waals surface area (Å²) in [5.74, 6) is 1.87. The Kier molecular flexibility index (Phi) is 3.21. The van der Waals surface area contributed by atoms with Crippen LogP contribution in [0.1, 0.15) is 51.4 Å². The van der Waals surface area contributed by atoms with Gasteiger partial charge in [-0.05, 0) is 56.9 Å². The Morgan fingerprint density at radius 1 is 1.00 bits per heavy atom. The van der Waals surface area contributed by atoms with Crippen LogP contribution in [0.5, 0.6) is 0 Å². The Morgan fingerprint density at radius 3 is 2.56 bits per heavy atom. The topological polar surface area (TPSA) is 29.3 Å². The third-order valence-electron chi connectivity index (χ3n) is 5.03. The van der Waals surface area contributed by atoms with Gasteiger partial charge in [0.15, 0.2) is 0 Å². The van der Waals surface area contributed by atoms with Crippen LogP contribution in [0.2, 0.25) is 0 Å². The van der Waals surface area contributed by atoms with E-state index in [1.807, 2.05) is 0 Å². The first-order chi connectivity index (χ1) is 7.84. The van der Waals surface area contributed by atoms with Crippen LogP contribution in [-0.4, -0.2) is 30.1 Å². The molecule has 2 saturated carbocycles. The van der Waals surface area contributed by atoms with Crippen molar-refractivity contribution in [3.05, 3.63) is 0 Å². The van der Waals surface area contributed by atoms with Crippen LogP contribution in [0.25, 0.3) is 0 Å². The summed E-state index contributed by atoms with van der Waals surface area (Å²) in [6.07, 6.45) is 11.5. The maximum Gasteiger partial charge on any atom is 0.0196 e. The molecule has 2 aliphatic carbocycles. The number of hydrogen-bond donors (Lipinski definition) is 1. The van der Waals surface area contributed by atoms with Crippen molar-refractivity contribution in [3.8, 4) is 0 Å². The van der Waals surface area contributed by atoms with E-state index in [2.05, 4.69) is 4.90 Å². The van der Waals surface area contributed by atoms with E-state index in [9.17, 15) is 0 Å². The molecule has 0 bridgehead atoms. The standard InChI is InChI=1S/C14H26N2/c15-13(11-7-8-11)10-16-9-3-5-12-4-1-2-6-14(12)16/h11-14H,1-10,15H2. The Hall–Kier alpha value is -0.0800. The second-order valence-corrected chi connectivity index (χ2v) is 6.25. The van der Waals surface area contributed by atoms with Crippen LogP contribution >= 0.6 is 0 Å². The lowest BCUT2D eigenvalue weighted by Crippen LogP contribution is -2.51. The van der Waals surface area contributed by atoms with Crippen molar-refractivity contribution >= 4 is 0 Å². The van der Waals surface area contributed by atoms with E-state index in [4.69, 9.17) is 5.73 Å². The lowest BCUT2D eigenvalue weighted by molar-refractivity contribution is 0.0545. The molecule has 0 aromatic carbocycles. The number of piperidine rings is 1. The molecule has 0 amide bonds. The first kappa shape index (κ1) is 11.0. The van der Waals surface area contributed by atoms with Crippen LogP contribution < -0.4 is 5.73 Å². The van der Waals surface area contributed by atoms with Gasteiger partial charge in [0.2, 0.25) is 0 Å². The number of nitrogens with zero attached hydrogens (tertiary/aromatic N) is 1. The van der Waals surface area contributed by atoms with Crippen molar-refractivity contribution in [2.45, 2.75) is 63.5 Å². The van der Waals surface area contributed by atoms with Crippen LogP contribution in [0.15, 0.2) is 0 Å². The van der Waals surface area contributed by atoms with Crippen molar-refractivity contribution < 1.29 is 0 Å². The zero-order valence-corrected chi connectivity index (χ0v) is 10.4. The molecular weight excluding hydrogens is 196 g/mol. The Morgan fingerprint density at radius 2 is 1.75 bits per heavy atom. The van der Waals surface area contributed by atoms with E-state index in [1.165, 1.54) is 64.5 Å². The molecule has 0 radical (unpaired) electrons. The second-order valence-electron chi connectivity index (χ2n) is 6.25. The van der Waals surface area contributed by atoms with Gasteiger partial charge < -0.3 is 5.73 Å². The van der Waals surface area contributed by atoms with E-state index in [1.54, 1.807) is 0 Å². The highest BCUT2D eigenvalue weighted by molar-refractivity contribution is 4.92. The Labute approximate surface area is 99.6 Å². The van der Waals surface area contributed by atoms with Crippen molar-refractivity contribution in [2.75, 3.05) is 13.1 Å². The molecule has 2 N–H and O–H groups in total.